The van der Waals surface area contributed by atoms with Gasteiger partial charge >= 0.3 is 5.97 Å². The van der Waals surface area contributed by atoms with Crippen LogP contribution in [0.25, 0.3) is 0 Å². The average Bonchev–Trinajstić information content (AvgIpc) is 2.11. The monoisotopic (exact) mass is 180 g/mol. The predicted molar refractivity (Wildman–Crippen MR) is 47.2 cm³/mol. The molecule has 0 aromatic carbocycles. The molecule has 0 saturated carbocycles. The first-order valence-electron chi connectivity index (χ1n) is 3.99. The third-order valence-corrected chi connectivity index (χ3v) is 1.80. The number of nitrogens with zero attached hydrogens (tertiary/aromatic N) is 2. The van der Waals surface area contributed by atoms with Crippen LogP contribution in [-0.2, 0) is 16.0 Å². The molecule has 0 spiro atoms. The highest BCUT2D eigenvalue weighted by molar-refractivity contribution is 5.71. The summed E-state index contributed by atoms with van der Waals surface area (Å²) < 4.78 is 4.51. The largest absolute Gasteiger partial charge is 0.469 e. The van der Waals surface area contributed by atoms with Gasteiger partial charge in [-0.25, -0.2) is 9.97 Å². The molecule has 0 radical (unpaired) electrons. The molecular weight excluding hydrogens is 168 g/mol. The zero-order valence-corrected chi connectivity index (χ0v) is 8.00. The summed E-state index contributed by atoms with van der Waals surface area (Å²) in [6.07, 6.45) is 1.85. The smallest absolute Gasteiger partial charge is 0.313 e. The van der Waals surface area contributed by atoms with Crippen LogP contribution >= 0.6 is 0 Å². The number of hydrogen-bond donors (Lipinski definition) is 0. The number of methoxy groups -OCH3 is 1. The molecule has 0 saturated heterocycles. The average molecular weight is 180 g/mol. The van der Waals surface area contributed by atoms with Crippen molar-refractivity contribution in [2.24, 2.45) is 0 Å². The summed E-state index contributed by atoms with van der Waals surface area (Å²) >= 11 is 0. The van der Waals surface area contributed by atoms with E-state index < -0.39 is 0 Å². The van der Waals surface area contributed by atoms with E-state index in [1.807, 2.05) is 13.8 Å². The minimum atomic E-state index is -0.316. The van der Waals surface area contributed by atoms with Crippen LogP contribution in [0.15, 0.2) is 6.20 Å². The molecule has 0 unspecified atom stereocenters. The molecule has 4 nitrogen and oxygen atoms in total. The number of carbonyl (C=O) groups excluding carboxylic acids is 1. The summed E-state index contributed by atoms with van der Waals surface area (Å²) in [5, 5.41) is 0. The van der Waals surface area contributed by atoms with E-state index in [0.717, 1.165) is 11.3 Å². The van der Waals surface area contributed by atoms with Gasteiger partial charge in [-0.1, -0.05) is 0 Å². The summed E-state index contributed by atoms with van der Waals surface area (Å²) in [4.78, 5) is 19.0. The minimum absolute atomic E-state index is 0.137. The summed E-state index contributed by atoms with van der Waals surface area (Å²) in [5.74, 6) is 0.193. The number of ether oxygens (including phenoxy) is 1. The second kappa shape index (κ2) is 3.98. The van der Waals surface area contributed by atoms with Gasteiger partial charge in [0.2, 0.25) is 0 Å². The number of rotatable bonds is 2. The van der Waals surface area contributed by atoms with E-state index in [-0.39, 0.29) is 12.4 Å². The number of aromatic nitrogens is 2. The third-order valence-electron chi connectivity index (χ3n) is 1.80. The van der Waals surface area contributed by atoms with Crippen LogP contribution in [0.2, 0.25) is 0 Å². The van der Waals surface area contributed by atoms with Gasteiger partial charge in [0.25, 0.3) is 0 Å². The van der Waals surface area contributed by atoms with Crippen molar-refractivity contribution in [1.29, 1.82) is 0 Å². The second-order valence-corrected chi connectivity index (χ2v) is 2.81. The van der Waals surface area contributed by atoms with E-state index in [1.165, 1.54) is 7.11 Å². The van der Waals surface area contributed by atoms with E-state index in [9.17, 15) is 4.79 Å². The van der Waals surface area contributed by atoms with Crippen molar-refractivity contribution in [3.63, 3.8) is 0 Å². The zero-order valence-electron chi connectivity index (χ0n) is 8.00. The van der Waals surface area contributed by atoms with Crippen molar-refractivity contribution in [1.82, 2.24) is 9.97 Å². The van der Waals surface area contributed by atoms with E-state index in [4.69, 9.17) is 0 Å². The summed E-state index contributed by atoms with van der Waals surface area (Å²) in [5.41, 5.74) is 1.92. The standard InChI is InChI=1S/C9H12N2O2/c1-6-5-10-8(11-7(6)2)4-9(12)13-3/h5H,4H2,1-3H3. The molecule has 1 rings (SSSR count). The minimum Gasteiger partial charge on any atom is -0.469 e. The van der Waals surface area contributed by atoms with Gasteiger partial charge in [0.15, 0.2) is 0 Å². The number of aryl methyl sites for hydroxylation is 2. The van der Waals surface area contributed by atoms with Gasteiger partial charge in [-0.15, -0.1) is 0 Å². The van der Waals surface area contributed by atoms with Gasteiger partial charge < -0.3 is 4.74 Å². The zero-order chi connectivity index (χ0) is 9.84. The molecule has 1 aromatic heterocycles. The maximum absolute atomic E-state index is 10.9. The van der Waals surface area contributed by atoms with Crippen LogP contribution in [0, 0.1) is 13.8 Å². The Hall–Kier alpha value is -1.45. The van der Waals surface area contributed by atoms with Gasteiger partial charge in [0, 0.05) is 11.9 Å². The molecule has 0 atom stereocenters. The van der Waals surface area contributed by atoms with Gasteiger partial charge in [-0.05, 0) is 19.4 Å². The number of hydrogen-bond acceptors (Lipinski definition) is 4. The first-order valence-corrected chi connectivity index (χ1v) is 3.99. The van der Waals surface area contributed by atoms with Crippen molar-refractivity contribution < 1.29 is 9.53 Å². The summed E-state index contributed by atoms with van der Waals surface area (Å²) in [6.45, 7) is 3.81. The quantitative estimate of drug-likeness (QED) is 0.632. The Morgan fingerprint density at radius 1 is 1.54 bits per heavy atom. The lowest BCUT2D eigenvalue weighted by Crippen LogP contribution is -2.08. The lowest BCUT2D eigenvalue weighted by atomic mass is 10.2. The van der Waals surface area contributed by atoms with Crippen LogP contribution in [0.4, 0.5) is 0 Å². The van der Waals surface area contributed by atoms with Crippen LogP contribution in [-0.4, -0.2) is 23.0 Å². The Bertz CT molecular complexity index is 323. The molecule has 0 aliphatic carbocycles. The van der Waals surface area contributed by atoms with Gasteiger partial charge in [0.1, 0.15) is 12.2 Å². The first-order chi connectivity index (χ1) is 6.13. The van der Waals surface area contributed by atoms with Crippen molar-refractivity contribution in [2.75, 3.05) is 7.11 Å². The molecule has 0 N–H and O–H groups in total. The normalized spacial score (nSPS) is 9.77. The van der Waals surface area contributed by atoms with Gasteiger partial charge in [0.05, 0.1) is 7.11 Å². The van der Waals surface area contributed by atoms with E-state index in [0.29, 0.717) is 5.82 Å². The van der Waals surface area contributed by atoms with Crippen LogP contribution in [0.5, 0.6) is 0 Å². The lowest BCUT2D eigenvalue weighted by molar-refractivity contribution is -0.139. The number of esters is 1. The summed E-state index contributed by atoms with van der Waals surface area (Å²) in [7, 11) is 1.35. The van der Waals surface area contributed by atoms with Crippen molar-refractivity contribution >= 4 is 5.97 Å². The van der Waals surface area contributed by atoms with Crippen molar-refractivity contribution in [2.45, 2.75) is 20.3 Å². The topological polar surface area (TPSA) is 52.1 Å². The van der Waals surface area contributed by atoms with Crippen LogP contribution in [0.1, 0.15) is 17.1 Å². The molecular formula is C9H12N2O2. The second-order valence-electron chi connectivity index (χ2n) is 2.81. The van der Waals surface area contributed by atoms with E-state index in [1.54, 1.807) is 6.20 Å². The predicted octanol–water partition coefficient (Wildman–Crippen LogP) is 0.809. The molecule has 0 aliphatic heterocycles. The summed E-state index contributed by atoms with van der Waals surface area (Å²) in [6, 6.07) is 0. The lowest BCUT2D eigenvalue weighted by Gasteiger charge is -2.01. The third kappa shape index (κ3) is 2.50. The maximum Gasteiger partial charge on any atom is 0.313 e. The first kappa shape index (κ1) is 9.64. The number of carbonyl (C=O) groups is 1. The Balaban J connectivity index is 2.79. The van der Waals surface area contributed by atoms with E-state index >= 15 is 0 Å². The molecule has 0 aliphatic rings. The van der Waals surface area contributed by atoms with Gasteiger partial charge in [-0.2, -0.15) is 0 Å². The van der Waals surface area contributed by atoms with Crippen LogP contribution < -0.4 is 0 Å². The highest BCUT2D eigenvalue weighted by Crippen LogP contribution is 2.02. The molecule has 0 amide bonds. The molecule has 13 heavy (non-hydrogen) atoms. The fourth-order valence-electron chi connectivity index (χ4n) is 0.862. The fourth-order valence-corrected chi connectivity index (χ4v) is 0.862. The SMILES string of the molecule is COC(=O)Cc1ncc(C)c(C)n1. The molecule has 1 aromatic rings. The Labute approximate surface area is 77.0 Å². The Kier molecular flexibility index (Phi) is 2.95. The highest BCUT2D eigenvalue weighted by Gasteiger charge is 2.06. The van der Waals surface area contributed by atoms with E-state index in [2.05, 4.69) is 14.7 Å². The molecule has 0 bridgehead atoms. The fraction of sp³-hybridized carbons (Fsp3) is 0.444. The van der Waals surface area contributed by atoms with Gasteiger partial charge in [-0.3, -0.25) is 4.79 Å². The highest BCUT2D eigenvalue weighted by atomic mass is 16.5. The molecule has 4 heteroatoms. The van der Waals surface area contributed by atoms with Crippen molar-refractivity contribution in [3.8, 4) is 0 Å². The maximum atomic E-state index is 10.9. The molecule has 0 fully saturated rings. The molecule has 1 heterocycles. The molecule has 70 valence electrons. The van der Waals surface area contributed by atoms with Crippen molar-refractivity contribution in [3.05, 3.63) is 23.3 Å². The van der Waals surface area contributed by atoms with Crippen LogP contribution in [0.3, 0.4) is 0 Å². The Morgan fingerprint density at radius 2 is 2.23 bits per heavy atom. The Morgan fingerprint density at radius 3 is 2.77 bits per heavy atom.